The molecule has 5 rings (SSSR count). The molecule has 4 aromatic rings. The summed E-state index contributed by atoms with van der Waals surface area (Å²) in [4.78, 5) is 53.0. The van der Waals surface area contributed by atoms with E-state index in [4.69, 9.17) is 0 Å². The lowest BCUT2D eigenvalue weighted by molar-refractivity contribution is -0.120. The summed E-state index contributed by atoms with van der Waals surface area (Å²) in [5, 5.41) is 5.68. The number of anilines is 2. The average molecular weight is 643 g/mol. The molecule has 202 valence electrons. The molecule has 0 bridgehead atoms. The van der Waals surface area contributed by atoms with Crippen LogP contribution in [0.4, 0.5) is 15.9 Å². The van der Waals surface area contributed by atoms with Crippen molar-refractivity contribution in [2.75, 3.05) is 12.4 Å². The molecule has 2 N–H and O–H groups in total. The van der Waals surface area contributed by atoms with E-state index in [1.807, 2.05) is 28.7 Å². The monoisotopic (exact) mass is 643 g/mol. The van der Waals surface area contributed by atoms with Crippen LogP contribution >= 0.6 is 22.6 Å². The van der Waals surface area contributed by atoms with Crippen molar-refractivity contribution in [2.45, 2.75) is 38.6 Å². The fourth-order valence-electron chi connectivity index (χ4n) is 4.81. The van der Waals surface area contributed by atoms with Crippen LogP contribution in [-0.2, 0) is 18.3 Å². The number of hydrogen-bond acceptors (Lipinski definition) is 5. The van der Waals surface area contributed by atoms with E-state index in [1.54, 1.807) is 44.3 Å². The second-order valence-electron chi connectivity index (χ2n) is 9.68. The van der Waals surface area contributed by atoms with Gasteiger partial charge in [0.1, 0.15) is 17.0 Å². The molecule has 0 saturated heterocycles. The Morgan fingerprint density at radius 1 is 1.10 bits per heavy atom. The van der Waals surface area contributed by atoms with E-state index in [-0.39, 0.29) is 46.3 Å². The number of benzene rings is 2. The summed E-state index contributed by atoms with van der Waals surface area (Å²) < 4.78 is 19.5. The number of carbonyl (C=O) groups is 1. The van der Waals surface area contributed by atoms with E-state index in [1.165, 1.54) is 26.8 Å². The highest BCUT2D eigenvalue weighted by molar-refractivity contribution is 14.1. The number of pyridine rings is 1. The first-order chi connectivity index (χ1) is 18.6. The van der Waals surface area contributed by atoms with E-state index in [2.05, 4.69) is 10.6 Å². The highest BCUT2D eigenvalue weighted by Crippen LogP contribution is 2.34. The van der Waals surface area contributed by atoms with Gasteiger partial charge in [-0.3, -0.25) is 28.1 Å². The van der Waals surface area contributed by atoms with Crippen molar-refractivity contribution in [2.24, 2.45) is 7.05 Å². The third-order valence-electron chi connectivity index (χ3n) is 7.03. The number of aromatic nitrogens is 3. The van der Waals surface area contributed by atoms with Crippen LogP contribution < -0.4 is 27.4 Å². The highest BCUT2D eigenvalue weighted by atomic mass is 127. The number of aryl methyl sites for hydroxylation is 2. The summed E-state index contributed by atoms with van der Waals surface area (Å²) in [7, 11) is 3.08. The van der Waals surface area contributed by atoms with Crippen LogP contribution in [-0.4, -0.2) is 26.7 Å². The molecule has 0 spiro atoms. The summed E-state index contributed by atoms with van der Waals surface area (Å²) in [5.74, 6) is -0.546. The maximum Gasteiger partial charge on any atom is 0.336 e. The summed E-state index contributed by atoms with van der Waals surface area (Å²) in [6, 6.07) is 11.5. The SMILES string of the molecule is CNC(=O)CCc1cccc(-n2c(=O)n(C3CC3)c(=O)c3c(Nc4ccc(I)cc4F)n(C)c(=O)c(C)c32)c1. The van der Waals surface area contributed by atoms with E-state index in [0.717, 1.165) is 5.56 Å². The lowest BCUT2D eigenvalue weighted by Gasteiger charge is -2.21. The Morgan fingerprint density at radius 2 is 1.85 bits per heavy atom. The molecule has 0 unspecified atom stereocenters. The Labute approximate surface area is 236 Å². The van der Waals surface area contributed by atoms with Crippen LogP contribution in [0.2, 0.25) is 0 Å². The first-order valence-electron chi connectivity index (χ1n) is 12.5. The summed E-state index contributed by atoms with van der Waals surface area (Å²) in [6.45, 7) is 1.58. The van der Waals surface area contributed by atoms with Crippen LogP contribution in [0.25, 0.3) is 16.6 Å². The van der Waals surface area contributed by atoms with Gasteiger partial charge in [0, 0.05) is 35.7 Å². The third kappa shape index (κ3) is 4.90. The first-order valence-corrected chi connectivity index (χ1v) is 13.6. The van der Waals surface area contributed by atoms with Gasteiger partial charge in [-0.15, -0.1) is 0 Å². The van der Waals surface area contributed by atoms with Crippen molar-refractivity contribution in [3.63, 3.8) is 0 Å². The van der Waals surface area contributed by atoms with Gasteiger partial charge >= 0.3 is 5.69 Å². The molecule has 9 nitrogen and oxygen atoms in total. The zero-order valence-corrected chi connectivity index (χ0v) is 23.8. The number of halogens is 2. The second-order valence-corrected chi connectivity index (χ2v) is 10.9. The normalized spacial score (nSPS) is 13.1. The van der Waals surface area contributed by atoms with Gasteiger partial charge in [-0.1, -0.05) is 12.1 Å². The smallest absolute Gasteiger partial charge is 0.336 e. The number of amides is 1. The molecule has 39 heavy (non-hydrogen) atoms. The van der Waals surface area contributed by atoms with Crippen molar-refractivity contribution < 1.29 is 9.18 Å². The van der Waals surface area contributed by atoms with Gasteiger partial charge in [0.25, 0.3) is 11.1 Å². The molecule has 2 aromatic heterocycles. The quantitative estimate of drug-likeness (QED) is 0.299. The van der Waals surface area contributed by atoms with E-state index < -0.39 is 22.6 Å². The standard InChI is InChI=1S/C28H27FIN5O4/c1-15-24-23(25(33(3)26(15)37)32-21-11-8-17(30)14-20(21)29)27(38)35(18-9-10-18)28(39)34(24)19-6-4-5-16(13-19)7-12-22(36)31-2/h4-6,8,11,13-14,18,32H,7,9-10,12H2,1-3H3,(H,31,36). The van der Waals surface area contributed by atoms with Gasteiger partial charge in [-0.05, 0) is 84.7 Å². The summed E-state index contributed by atoms with van der Waals surface area (Å²) in [6.07, 6.45) is 2.09. The molecule has 0 aliphatic heterocycles. The zero-order chi connectivity index (χ0) is 28.0. The molecule has 1 fully saturated rings. The minimum absolute atomic E-state index is 0.0990. The zero-order valence-electron chi connectivity index (χ0n) is 21.7. The number of carbonyl (C=O) groups excluding carboxylic acids is 1. The van der Waals surface area contributed by atoms with E-state index in [0.29, 0.717) is 28.5 Å². The first kappa shape index (κ1) is 26.9. The summed E-state index contributed by atoms with van der Waals surface area (Å²) in [5.41, 5.74) is 0.275. The predicted molar refractivity (Wildman–Crippen MR) is 157 cm³/mol. The second kappa shape index (κ2) is 10.4. The third-order valence-corrected chi connectivity index (χ3v) is 7.70. The molecule has 2 aromatic carbocycles. The van der Waals surface area contributed by atoms with Crippen LogP contribution in [0.3, 0.4) is 0 Å². The number of fused-ring (bicyclic) bond motifs is 1. The Balaban J connectivity index is 1.82. The molecular weight excluding hydrogens is 616 g/mol. The topological polar surface area (TPSA) is 107 Å². The minimum atomic E-state index is -0.541. The molecule has 1 saturated carbocycles. The number of rotatable bonds is 7. The van der Waals surface area contributed by atoms with Crippen LogP contribution in [0.5, 0.6) is 0 Å². The van der Waals surface area contributed by atoms with Crippen molar-refractivity contribution in [1.82, 2.24) is 19.0 Å². The Hall–Kier alpha value is -3.74. The Kier molecular flexibility index (Phi) is 7.19. The van der Waals surface area contributed by atoms with Crippen molar-refractivity contribution in [3.05, 3.63) is 94.2 Å². The van der Waals surface area contributed by atoms with Gasteiger partial charge in [0.15, 0.2) is 0 Å². The van der Waals surface area contributed by atoms with Gasteiger partial charge in [-0.2, -0.15) is 0 Å². The van der Waals surface area contributed by atoms with Crippen molar-refractivity contribution in [3.8, 4) is 5.69 Å². The van der Waals surface area contributed by atoms with Gasteiger partial charge in [0.05, 0.1) is 16.9 Å². The molecule has 11 heteroatoms. The molecule has 0 radical (unpaired) electrons. The molecule has 2 heterocycles. The van der Waals surface area contributed by atoms with Crippen molar-refractivity contribution >= 4 is 50.9 Å². The summed E-state index contributed by atoms with van der Waals surface area (Å²) >= 11 is 2.00. The van der Waals surface area contributed by atoms with Crippen LogP contribution in [0.1, 0.15) is 36.4 Å². The van der Waals surface area contributed by atoms with Gasteiger partial charge in [0.2, 0.25) is 5.91 Å². The number of nitrogens with zero attached hydrogens (tertiary/aromatic N) is 3. The Bertz CT molecular complexity index is 1820. The number of nitrogens with one attached hydrogen (secondary N) is 2. The molecular formula is C28H27FIN5O4. The minimum Gasteiger partial charge on any atom is -0.359 e. The average Bonchev–Trinajstić information content (AvgIpc) is 3.75. The Morgan fingerprint density at radius 3 is 2.51 bits per heavy atom. The largest absolute Gasteiger partial charge is 0.359 e. The van der Waals surface area contributed by atoms with E-state index >= 15 is 0 Å². The van der Waals surface area contributed by atoms with E-state index in [9.17, 15) is 23.6 Å². The molecule has 1 aliphatic carbocycles. The number of hydrogen-bond donors (Lipinski definition) is 2. The lowest BCUT2D eigenvalue weighted by Crippen LogP contribution is -2.41. The van der Waals surface area contributed by atoms with Gasteiger partial charge in [-0.25, -0.2) is 9.18 Å². The molecule has 1 amide bonds. The lowest BCUT2D eigenvalue weighted by atomic mass is 10.1. The van der Waals surface area contributed by atoms with Crippen LogP contribution in [0, 0.1) is 16.3 Å². The predicted octanol–water partition coefficient (Wildman–Crippen LogP) is 3.66. The van der Waals surface area contributed by atoms with Crippen LogP contribution in [0.15, 0.2) is 56.8 Å². The molecule has 1 aliphatic rings. The fraction of sp³-hybridized carbons (Fsp3) is 0.286. The maximum atomic E-state index is 14.9. The van der Waals surface area contributed by atoms with Crippen molar-refractivity contribution in [1.29, 1.82) is 0 Å². The highest BCUT2D eigenvalue weighted by Gasteiger charge is 2.31. The molecule has 0 atom stereocenters. The fourth-order valence-corrected chi connectivity index (χ4v) is 5.26. The maximum absolute atomic E-state index is 14.9. The van der Waals surface area contributed by atoms with Gasteiger partial charge < -0.3 is 10.6 Å².